The van der Waals surface area contributed by atoms with E-state index in [1.807, 2.05) is 25.1 Å². The lowest BCUT2D eigenvalue weighted by Gasteiger charge is -2.20. The molecule has 6 heteroatoms. The number of amides is 2. The average Bonchev–Trinajstić information content (AvgIpc) is 2.61. The minimum atomic E-state index is -0.554. The number of halogens is 1. The van der Waals surface area contributed by atoms with Gasteiger partial charge in [-0.2, -0.15) is 0 Å². The van der Waals surface area contributed by atoms with Crippen molar-refractivity contribution in [3.8, 4) is 0 Å². The third kappa shape index (κ3) is 8.45. The summed E-state index contributed by atoms with van der Waals surface area (Å²) in [5.74, 6) is 0.628. The van der Waals surface area contributed by atoms with Gasteiger partial charge in [-0.1, -0.05) is 50.8 Å². The number of unbranched alkanes of at least 4 members (excludes halogenated alkanes) is 1. The molecular formula is C20H31ClN2O2S. The largest absolute Gasteiger partial charge is 0.354 e. The van der Waals surface area contributed by atoms with Crippen molar-refractivity contribution in [3.63, 3.8) is 0 Å². The van der Waals surface area contributed by atoms with Crippen molar-refractivity contribution < 1.29 is 9.59 Å². The quantitative estimate of drug-likeness (QED) is 0.536. The first kappa shape index (κ1) is 22.8. The second-order valence-electron chi connectivity index (χ2n) is 6.64. The fraction of sp³-hybridized carbons (Fsp3) is 0.600. The van der Waals surface area contributed by atoms with E-state index in [4.69, 9.17) is 11.6 Å². The lowest BCUT2D eigenvalue weighted by Crippen LogP contribution is -2.48. The zero-order valence-corrected chi connectivity index (χ0v) is 17.8. The summed E-state index contributed by atoms with van der Waals surface area (Å²) in [4.78, 5) is 25.0. The van der Waals surface area contributed by atoms with Crippen LogP contribution in [0.5, 0.6) is 0 Å². The minimum absolute atomic E-state index is 0.124. The van der Waals surface area contributed by atoms with Gasteiger partial charge in [-0.15, -0.1) is 11.8 Å². The van der Waals surface area contributed by atoms with E-state index in [1.54, 1.807) is 0 Å². The highest BCUT2D eigenvalue weighted by atomic mass is 35.5. The SMILES string of the molecule is CCCCC(CC)CNC(=O)C(CSc1ccc(C)c(Cl)c1)NC(C)=O. The highest BCUT2D eigenvalue weighted by Gasteiger charge is 2.20. The fourth-order valence-corrected chi connectivity index (χ4v) is 3.79. The molecule has 2 atom stereocenters. The normalized spacial score (nSPS) is 13.1. The van der Waals surface area contributed by atoms with Gasteiger partial charge in [0.2, 0.25) is 11.8 Å². The van der Waals surface area contributed by atoms with E-state index in [-0.39, 0.29) is 11.8 Å². The molecule has 0 aliphatic rings. The topological polar surface area (TPSA) is 58.2 Å². The molecule has 4 nitrogen and oxygen atoms in total. The Labute approximate surface area is 166 Å². The molecule has 0 aromatic heterocycles. The predicted octanol–water partition coefficient (Wildman–Crippen LogP) is 4.58. The third-order valence-electron chi connectivity index (χ3n) is 4.36. The van der Waals surface area contributed by atoms with E-state index in [1.165, 1.54) is 25.1 Å². The van der Waals surface area contributed by atoms with Gasteiger partial charge in [-0.05, 0) is 37.0 Å². The number of thioether (sulfide) groups is 1. The van der Waals surface area contributed by atoms with Crippen molar-refractivity contribution >= 4 is 35.2 Å². The summed E-state index contributed by atoms with van der Waals surface area (Å²) < 4.78 is 0. The number of hydrogen-bond donors (Lipinski definition) is 2. The van der Waals surface area contributed by atoms with Gasteiger partial charge in [0.05, 0.1) is 0 Å². The molecular weight excluding hydrogens is 368 g/mol. The first-order valence-corrected chi connectivity index (χ1v) is 10.7. The van der Waals surface area contributed by atoms with Gasteiger partial charge in [0.25, 0.3) is 0 Å². The lowest BCUT2D eigenvalue weighted by molar-refractivity contribution is -0.127. The summed E-state index contributed by atoms with van der Waals surface area (Å²) in [5, 5.41) is 6.47. The Morgan fingerprint density at radius 3 is 2.58 bits per heavy atom. The van der Waals surface area contributed by atoms with Crippen LogP contribution in [0.2, 0.25) is 5.02 Å². The summed E-state index contributed by atoms with van der Waals surface area (Å²) in [7, 11) is 0. The molecule has 0 heterocycles. The molecule has 0 radical (unpaired) electrons. The number of aryl methyl sites for hydroxylation is 1. The van der Waals surface area contributed by atoms with Gasteiger partial charge in [-0.25, -0.2) is 0 Å². The second-order valence-corrected chi connectivity index (χ2v) is 8.14. The van der Waals surface area contributed by atoms with Crippen LogP contribution in [0.25, 0.3) is 0 Å². The van der Waals surface area contributed by atoms with Crippen LogP contribution in [0.3, 0.4) is 0 Å². The Hall–Kier alpha value is -1.20. The van der Waals surface area contributed by atoms with Crippen molar-refractivity contribution in [2.45, 2.75) is 64.3 Å². The molecule has 0 bridgehead atoms. The van der Waals surface area contributed by atoms with Crippen molar-refractivity contribution in [2.24, 2.45) is 5.92 Å². The van der Waals surface area contributed by atoms with Crippen LogP contribution in [0.1, 0.15) is 52.0 Å². The highest BCUT2D eigenvalue weighted by Crippen LogP contribution is 2.25. The molecule has 2 amide bonds. The standard InChI is InChI=1S/C20H31ClN2O2S/c1-5-7-8-16(6-2)12-22-20(25)19(23-15(4)24)13-26-17-10-9-14(3)18(21)11-17/h9-11,16,19H,5-8,12-13H2,1-4H3,(H,22,25)(H,23,24). The molecule has 0 saturated heterocycles. The van der Waals surface area contributed by atoms with Gasteiger partial charge in [0.1, 0.15) is 6.04 Å². The number of hydrogen-bond acceptors (Lipinski definition) is 3. The van der Waals surface area contributed by atoms with E-state index < -0.39 is 6.04 Å². The Morgan fingerprint density at radius 2 is 2.00 bits per heavy atom. The van der Waals surface area contributed by atoms with E-state index >= 15 is 0 Å². The number of benzene rings is 1. The summed E-state index contributed by atoms with van der Waals surface area (Å²) in [6.45, 7) is 8.37. The van der Waals surface area contributed by atoms with Crippen LogP contribution in [-0.4, -0.2) is 30.2 Å². The Bertz CT molecular complexity index is 595. The Balaban J connectivity index is 2.62. The number of nitrogens with one attached hydrogen (secondary N) is 2. The van der Waals surface area contributed by atoms with Gasteiger partial charge in [-0.3, -0.25) is 9.59 Å². The predicted molar refractivity (Wildman–Crippen MR) is 111 cm³/mol. The molecule has 146 valence electrons. The Kier molecular flexibility index (Phi) is 10.7. The summed E-state index contributed by atoms with van der Waals surface area (Å²) >= 11 is 7.67. The van der Waals surface area contributed by atoms with Crippen molar-refractivity contribution in [2.75, 3.05) is 12.3 Å². The molecule has 26 heavy (non-hydrogen) atoms. The lowest BCUT2D eigenvalue weighted by atomic mass is 9.99. The number of carbonyl (C=O) groups excluding carboxylic acids is 2. The fourth-order valence-electron chi connectivity index (χ4n) is 2.58. The zero-order chi connectivity index (χ0) is 19.5. The minimum Gasteiger partial charge on any atom is -0.354 e. The van der Waals surface area contributed by atoms with E-state index in [2.05, 4.69) is 24.5 Å². The molecule has 0 aliphatic heterocycles. The maximum atomic E-state index is 12.5. The van der Waals surface area contributed by atoms with E-state index in [0.29, 0.717) is 23.2 Å². The van der Waals surface area contributed by atoms with E-state index in [0.717, 1.165) is 29.7 Å². The molecule has 0 aliphatic carbocycles. The molecule has 2 unspecified atom stereocenters. The van der Waals surface area contributed by atoms with Crippen LogP contribution in [-0.2, 0) is 9.59 Å². The van der Waals surface area contributed by atoms with Gasteiger partial charge in [0.15, 0.2) is 0 Å². The summed E-state index contributed by atoms with van der Waals surface area (Å²) in [6.07, 6.45) is 4.50. The van der Waals surface area contributed by atoms with Crippen molar-refractivity contribution in [1.29, 1.82) is 0 Å². The third-order valence-corrected chi connectivity index (χ3v) is 5.86. The molecule has 0 saturated carbocycles. The molecule has 1 aromatic carbocycles. The smallest absolute Gasteiger partial charge is 0.243 e. The summed E-state index contributed by atoms with van der Waals surface area (Å²) in [5.41, 5.74) is 1.02. The molecule has 1 rings (SSSR count). The molecule has 0 fully saturated rings. The van der Waals surface area contributed by atoms with Gasteiger partial charge >= 0.3 is 0 Å². The van der Waals surface area contributed by atoms with E-state index in [9.17, 15) is 9.59 Å². The summed E-state index contributed by atoms with van der Waals surface area (Å²) in [6, 6.07) is 5.27. The van der Waals surface area contributed by atoms with Crippen molar-refractivity contribution in [1.82, 2.24) is 10.6 Å². The molecule has 1 aromatic rings. The number of rotatable bonds is 11. The monoisotopic (exact) mass is 398 g/mol. The van der Waals surface area contributed by atoms with Gasteiger partial charge in [0, 0.05) is 29.1 Å². The van der Waals surface area contributed by atoms with Crippen LogP contribution < -0.4 is 10.6 Å². The first-order valence-electron chi connectivity index (χ1n) is 9.31. The van der Waals surface area contributed by atoms with Gasteiger partial charge < -0.3 is 10.6 Å². The number of carbonyl (C=O) groups is 2. The van der Waals surface area contributed by atoms with Crippen LogP contribution in [0.4, 0.5) is 0 Å². The maximum Gasteiger partial charge on any atom is 0.243 e. The van der Waals surface area contributed by atoms with Crippen molar-refractivity contribution in [3.05, 3.63) is 28.8 Å². The first-order chi connectivity index (χ1) is 12.4. The average molecular weight is 399 g/mol. The van der Waals surface area contributed by atoms with Crippen LogP contribution in [0.15, 0.2) is 23.1 Å². The molecule has 2 N–H and O–H groups in total. The highest BCUT2D eigenvalue weighted by molar-refractivity contribution is 7.99. The van der Waals surface area contributed by atoms with Crippen LogP contribution in [0, 0.1) is 12.8 Å². The maximum absolute atomic E-state index is 12.5. The zero-order valence-electron chi connectivity index (χ0n) is 16.2. The second kappa shape index (κ2) is 12.2. The Morgan fingerprint density at radius 1 is 1.27 bits per heavy atom. The van der Waals surface area contributed by atoms with Crippen LogP contribution >= 0.6 is 23.4 Å². The molecule has 0 spiro atoms.